The minimum Gasteiger partial charge on any atom is -0.325 e. The number of benzene rings is 1. The van der Waals surface area contributed by atoms with Crippen LogP contribution in [0.2, 0.25) is 0 Å². The van der Waals surface area contributed by atoms with Gasteiger partial charge in [0.1, 0.15) is 5.82 Å². The van der Waals surface area contributed by atoms with Crippen LogP contribution in [0.1, 0.15) is 37.7 Å². The molecular weight excluding hydrogens is 367 g/mol. The Hall–Kier alpha value is -2.31. The van der Waals surface area contributed by atoms with Crippen LogP contribution in [0.3, 0.4) is 0 Å². The van der Waals surface area contributed by atoms with Crippen molar-refractivity contribution in [3.63, 3.8) is 0 Å². The minimum atomic E-state index is -0.439. The van der Waals surface area contributed by atoms with Crippen LogP contribution in [0.25, 0.3) is 0 Å². The summed E-state index contributed by atoms with van der Waals surface area (Å²) in [4.78, 5) is 21.1. The fourth-order valence-electron chi connectivity index (χ4n) is 4.37. The third-order valence-corrected chi connectivity index (χ3v) is 6.15. The van der Waals surface area contributed by atoms with E-state index in [-0.39, 0.29) is 5.91 Å². The van der Waals surface area contributed by atoms with Gasteiger partial charge in [0.15, 0.2) is 0 Å². The van der Waals surface area contributed by atoms with Gasteiger partial charge in [-0.05, 0) is 31.2 Å². The zero-order chi connectivity index (χ0) is 20.1. The summed E-state index contributed by atoms with van der Waals surface area (Å²) in [7, 11) is 0. The number of pyridine rings is 1. The molecule has 0 bridgehead atoms. The number of amides is 1. The molecule has 0 atom stereocenters. The third kappa shape index (κ3) is 5.40. The SMILES string of the molecule is O=C(CCCC1(N2CCN(Cc3ccccc3)CC2)CC1)Nc1cncc(F)c1. The highest BCUT2D eigenvalue weighted by Crippen LogP contribution is 2.46. The molecule has 1 saturated heterocycles. The number of halogens is 1. The number of aromatic nitrogens is 1. The standard InChI is InChI=1S/C23H29FN4O/c24-20-15-21(17-25-16-20)26-22(29)7-4-8-23(9-10-23)28-13-11-27(12-14-28)18-19-5-2-1-3-6-19/h1-3,5-6,15-17H,4,7-14,18H2,(H,26,29). The molecule has 1 aliphatic carbocycles. The van der Waals surface area contributed by atoms with Crippen LogP contribution in [-0.4, -0.2) is 52.4 Å². The van der Waals surface area contributed by atoms with Crippen LogP contribution in [0, 0.1) is 5.82 Å². The normalized spacial score (nSPS) is 19.1. The van der Waals surface area contributed by atoms with E-state index < -0.39 is 5.82 Å². The molecule has 1 aromatic heterocycles. The van der Waals surface area contributed by atoms with Crippen molar-refractivity contribution in [2.24, 2.45) is 0 Å². The first-order valence-electron chi connectivity index (χ1n) is 10.5. The lowest BCUT2D eigenvalue weighted by molar-refractivity contribution is -0.116. The third-order valence-electron chi connectivity index (χ3n) is 6.15. The fraction of sp³-hybridized carbons (Fsp3) is 0.478. The summed E-state index contributed by atoms with van der Waals surface area (Å²) in [6.45, 7) is 5.44. The molecule has 1 aromatic carbocycles. The molecule has 5 nitrogen and oxygen atoms in total. The number of piperazine rings is 1. The van der Waals surface area contributed by atoms with Crippen molar-refractivity contribution in [2.45, 2.75) is 44.2 Å². The van der Waals surface area contributed by atoms with Crippen LogP contribution in [0.4, 0.5) is 10.1 Å². The van der Waals surface area contributed by atoms with Crippen LogP contribution >= 0.6 is 0 Å². The number of hydrogen-bond acceptors (Lipinski definition) is 4. The van der Waals surface area contributed by atoms with E-state index in [4.69, 9.17) is 0 Å². The van der Waals surface area contributed by atoms with Gasteiger partial charge >= 0.3 is 0 Å². The number of carbonyl (C=O) groups excluding carboxylic acids is 1. The molecule has 1 N–H and O–H groups in total. The molecule has 2 aromatic rings. The topological polar surface area (TPSA) is 48.5 Å². The Morgan fingerprint density at radius 2 is 1.86 bits per heavy atom. The van der Waals surface area contributed by atoms with Gasteiger partial charge in [-0.2, -0.15) is 0 Å². The summed E-state index contributed by atoms with van der Waals surface area (Å²) in [5.41, 5.74) is 2.10. The zero-order valence-electron chi connectivity index (χ0n) is 16.8. The number of rotatable bonds is 8. The van der Waals surface area contributed by atoms with E-state index in [1.807, 2.05) is 0 Å². The lowest BCUT2D eigenvalue weighted by atomic mass is 10.0. The Morgan fingerprint density at radius 3 is 2.55 bits per heavy atom. The molecule has 0 unspecified atom stereocenters. The summed E-state index contributed by atoms with van der Waals surface area (Å²) in [6, 6.07) is 12.0. The van der Waals surface area contributed by atoms with Crippen LogP contribution in [-0.2, 0) is 11.3 Å². The molecule has 1 saturated carbocycles. The van der Waals surface area contributed by atoms with Crippen molar-refractivity contribution in [1.82, 2.24) is 14.8 Å². The van der Waals surface area contributed by atoms with Crippen LogP contribution < -0.4 is 5.32 Å². The second-order valence-electron chi connectivity index (χ2n) is 8.27. The van der Waals surface area contributed by atoms with E-state index in [0.29, 0.717) is 17.6 Å². The summed E-state index contributed by atoms with van der Waals surface area (Å²) < 4.78 is 13.2. The fourth-order valence-corrected chi connectivity index (χ4v) is 4.37. The number of nitrogens with one attached hydrogen (secondary N) is 1. The first-order valence-corrected chi connectivity index (χ1v) is 10.5. The molecule has 0 radical (unpaired) electrons. The van der Waals surface area contributed by atoms with Gasteiger partial charge in [-0.15, -0.1) is 0 Å². The van der Waals surface area contributed by atoms with E-state index in [0.717, 1.165) is 51.8 Å². The lowest BCUT2D eigenvalue weighted by Gasteiger charge is -2.40. The van der Waals surface area contributed by atoms with Crippen LogP contribution in [0.5, 0.6) is 0 Å². The van der Waals surface area contributed by atoms with E-state index in [1.165, 1.54) is 30.7 Å². The lowest BCUT2D eigenvalue weighted by Crippen LogP contribution is -2.51. The van der Waals surface area contributed by atoms with Crippen molar-refractivity contribution in [3.8, 4) is 0 Å². The van der Waals surface area contributed by atoms with Gasteiger partial charge in [-0.1, -0.05) is 30.3 Å². The number of carbonyl (C=O) groups is 1. The predicted octanol–water partition coefficient (Wildman–Crippen LogP) is 3.68. The van der Waals surface area contributed by atoms with Crippen molar-refractivity contribution in [3.05, 3.63) is 60.2 Å². The maximum Gasteiger partial charge on any atom is 0.224 e. The molecule has 6 heteroatoms. The highest BCUT2D eigenvalue weighted by atomic mass is 19.1. The summed E-state index contributed by atoms with van der Waals surface area (Å²) in [5, 5.41) is 2.74. The molecule has 154 valence electrons. The van der Waals surface area contributed by atoms with Crippen molar-refractivity contribution in [1.29, 1.82) is 0 Å². The number of anilines is 1. The van der Waals surface area contributed by atoms with E-state index in [1.54, 1.807) is 0 Å². The monoisotopic (exact) mass is 396 g/mol. The zero-order valence-corrected chi connectivity index (χ0v) is 16.8. The quantitative estimate of drug-likeness (QED) is 0.740. The second-order valence-corrected chi connectivity index (χ2v) is 8.27. The highest BCUT2D eigenvalue weighted by molar-refractivity contribution is 5.90. The minimum absolute atomic E-state index is 0.0686. The van der Waals surface area contributed by atoms with E-state index >= 15 is 0 Å². The predicted molar refractivity (Wildman–Crippen MR) is 112 cm³/mol. The van der Waals surface area contributed by atoms with Crippen molar-refractivity contribution < 1.29 is 9.18 Å². The average Bonchev–Trinajstić information content (AvgIpc) is 3.50. The number of nitrogens with zero attached hydrogens (tertiary/aromatic N) is 3. The molecule has 1 aliphatic heterocycles. The Balaban J connectivity index is 1.19. The molecule has 4 rings (SSSR count). The van der Waals surface area contributed by atoms with Gasteiger partial charge in [0.2, 0.25) is 5.91 Å². The summed E-state index contributed by atoms with van der Waals surface area (Å²) >= 11 is 0. The summed E-state index contributed by atoms with van der Waals surface area (Å²) in [6.07, 6.45) is 7.46. The number of hydrogen-bond donors (Lipinski definition) is 1. The first kappa shape index (κ1) is 20.0. The molecule has 1 amide bonds. The van der Waals surface area contributed by atoms with E-state index in [2.05, 4.69) is 50.4 Å². The van der Waals surface area contributed by atoms with Gasteiger partial charge in [0.05, 0.1) is 18.1 Å². The van der Waals surface area contributed by atoms with Crippen molar-refractivity contribution in [2.75, 3.05) is 31.5 Å². The van der Waals surface area contributed by atoms with Gasteiger partial charge in [-0.25, -0.2) is 4.39 Å². The van der Waals surface area contributed by atoms with Crippen molar-refractivity contribution >= 4 is 11.6 Å². The molecular formula is C23H29FN4O. The van der Waals surface area contributed by atoms with Gasteiger partial charge in [0, 0.05) is 50.7 Å². The second kappa shape index (κ2) is 9.01. The van der Waals surface area contributed by atoms with Gasteiger partial charge in [-0.3, -0.25) is 19.6 Å². The summed E-state index contributed by atoms with van der Waals surface area (Å²) in [5.74, 6) is -0.507. The smallest absolute Gasteiger partial charge is 0.224 e. The molecule has 29 heavy (non-hydrogen) atoms. The van der Waals surface area contributed by atoms with E-state index in [9.17, 15) is 9.18 Å². The molecule has 2 aliphatic rings. The molecule has 2 heterocycles. The van der Waals surface area contributed by atoms with Crippen LogP contribution in [0.15, 0.2) is 48.8 Å². The van der Waals surface area contributed by atoms with Gasteiger partial charge < -0.3 is 5.32 Å². The average molecular weight is 397 g/mol. The van der Waals surface area contributed by atoms with Gasteiger partial charge in [0.25, 0.3) is 0 Å². The molecule has 0 spiro atoms. The molecule has 2 fully saturated rings. The Morgan fingerprint density at radius 1 is 1.10 bits per heavy atom. The Kier molecular flexibility index (Phi) is 6.21. The Labute approximate surface area is 171 Å². The maximum atomic E-state index is 13.2. The maximum absolute atomic E-state index is 13.2. The first-order chi connectivity index (χ1) is 14.1. The Bertz CT molecular complexity index is 817. The highest BCUT2D eigenvalue weighted by Gasteiger charge is 2.47. The largest absolute Gasteiger partial charge is 0.325 e.